The predicted octanol–water partition coefficient (Wildman–Crippen LogP) is 2.51. The molecule has 2 aromatic heterocycles. The molecule has 0 atom stereocenters. The summed E-state index contributed by atoms with van der Waals surface area (Å²) in [7, 11) is 0. The van der Waals surface area contributed by atoms with Crippen molar-refractivity contribution in [2.75, 3.05) is 24.5 Å². The van der Waals surface area contributed by atoms with Gasteiger partial charge in [0.05, 0.1) is 16.7 Å². The third kappa shape index (κ3) is 3.74. The molecule has 5 rings (SSSR count). The van der Waals surface area contributed by atoms with E-state index in [1.54, 1.807) is 12.4 Å². The van der Waals surface area contributed by atoms with Crippen molar-refractivity contribution in [3.05, 3.63) is 57.8 Å². The highest BCUT2D eigenvalue weighted by Crippen LogP contribution is 2.23. The van der Waals surface area contributed by atoms with Crippen LogP contribution in [0.4, 0.5) is 5.95 Å². The zero-order chi connectivity index (χ0) is 19.8. The Balaban J connectivity index is 1.35. The summed E-state index contributed by atoms with van der Waals surface area (Å²) in [6, 6.07) is 6.23. The summed E-state index contributed by atoms with van der Waals surface area (Å²) in [4.78, 5) is 33.9. The van der Waals surface area contributed by atoms with Crippen LogP contribution in [0.25, 0.3) is 11.0 Å². The summed E-state index contributed by atoms with van der Waals surface area (Å²) in [5, 5.41) is 0. The summed E-state index contributed by atoms with van der Waals surface area (Å²) >= 11 is 0. The molecule has 1 saturated heterocycles. The lowest BCUT2D eigenvalue weighted by Gasteiger charge is -2.32. The van der Waals surface area contributed by atoms with E-state index < -0.39 is 0 Å². The maximum atomic E-state index is 12.6. The van der Waals surface area contributed by atoms with E-state index in [0.717, 1.165) is 79.6 Å². The smallest absolute Gasteiger partial charge is 0.255 e. The van der Waals surface area contributed by atoms with Crippen molar-refractivity contribution in [2.45, 2.75) is 39.3 Å². The van der Waals surface area contributed by atoms with Gasteiger partial charge >= 0.3 is 0 Å². The van der Waals surface area contributed by atoms with Gasteiger partial charge in [-0.2, -0.15) is 0 Å². The topological polar surface area (TPSA) is 78.0 Å². The Morgan fingerprint density at radius 1 is 1.10 bits per heavy atom. The number of nitrogens with zero attached hydrogens (tertiary/aromatic N) is 5. The van der Waals surface area contributed by atoms with Gasteiger partial charge in [0, 0.05) is 50.7 Å². The van der Waals surface area contributed by atoms with Crippen LogP contribution in [0, 0.1) is 5.92 Å². The van der Waals surface area contributed by atoms with Gasteiger partial charge in [0.25, 0.3) is 5.56 Å². The molecule has 0 unspecified atom stereocenters. The number of hydrogen-bond acceptors (Lipinski definition) is 6. The van der Waals surface area contributed by atoms with Crippen molar-refractivity contribution in [3.63, 3.8) is 0 Å². The van der Waals surface area contributed by atoms with Gasteiger partial charge in [0.2, 0.25) is 5.95 Å². The molecule has 3 aromatic rings. The molecule has 0 aliphatic carbocycles. The molecule has 0 spiro atoms. The molecule has 4 heterocycles. The Morgan fingerprint density at radius 2 is 1.90 bits per heavy atom. The highest BCUT2D eigenvalue weighted by atomic mass is 16.1. The van der Waals surface area contributed by atoms with Crippen LogP contribution >= 0.6 is 0 Å². The SMILES string of the molecule is CC1CCN(c2nc3c(c(=O)[nH]2)CCN(Cc2ccc4nccnc4c2)C3)CC1. The van der Waals surface area contributed by atoms with Crippen LogP contribution in [0.5, 0.6) is 0 Å². The van der Waals surface area contributed by atoms with E-state index in [0.29, 0.717) is 6.54 Å². The Morgan fingerprint density at radius 3 is 2.72 bits per heavy atom. The van der Waals surface area contributed by atoms with Gasteiger partial charge in [-0.15, -0.1) is 0 Å². The van der Waals surface area contributed by atoms with Gasteiger partial charge in [0.1, 0.15) is 0 Å². The van der Waals surface area contributed by atoms with Gasteiger partial charge < -0.3 is 4.90 Å². The van der Waals surface area contributed by atoms with Crippen molar-refractivity contribution >= 4 is 17.0 Å². The molecule has 2 aliphatic rings. The minimum Gasteiger partial charge on any atom is -0.342 e. The summed E-state index contributed by atoms with van der Waals surface area (Å²) in [5.41, 5.74) is 4.84. The first-order valence-electron chi connectivity index (χ1n) is 10.4. The van der Waals surface area contributed by atoms with Crippen LogP contribution in [0.15, 0.2) is 35.4 Å². The molecule has 0 radical (unpaired) electrons. The molecule has 7 heteroatoms. The molecule has 29 heavy (non-hydrogen) atoms. The van der Waals surface area contributed by atoms with Gasteiger partial charge in [-0.05, 0) is 42.9 Å². The standard InChI is InChI=1S/C22H26N6O/c1-15-4-10-28(11-5-15)22-25-20-14-27(9-6-17(20)21(29)26-22)13-16-2-3-18-19(12-16)24-8-7-23-18/h2-3,7-8,12,15H,4-6,9-11,13-14H2,1H3,(H,25,26,29). The zero-order valence-electron chi connectivity index (χ0n) is 16.8. The summed E-state index contributed by atoms with van der Waals surface area (Å²) in [6.07, 6.45) is 6.48. The number of anilines is 1. The second-order valence-corrected chi connectivity index (χ2v) is 8.32. The normalized spacial score (nSPS) is 18.2. The first-order chi connectivity index (χ1) is 14.2. The van der Waals surface area contributed by atoms with E-state index >= 15 is 0 Å². The van der Waals surface area contributed by atoms with E-state index in [1.165, 1.54) is 5.56 Å². The van der Waals surface area contributed by atoms with Crippen LogP contribution in [-0.2, 0) is 19.5 Å². The molecule has 7 nitrogen and oxygen atoms in total. The van der Waals surface area contributed by atoms with Crippen LogP contribution in [-0.4, -0.2) is 44.5 Å². The first-order valence-corrected chi connectivity index (χ1v) is 10.4. The lowest BCUT2D eigenvalue weighted by atomic mass is 9.99. The fraction of sp³-hybridized carbons (Fsp3) is 0.455. The zero-order valence-corrected chi connectivity index (χ0v) is 16.8. The molecule has 2 aliphatic heterocycles. The number of hydrogen-bond donors (Lipinski definition) is 1. The van der Waals surface area contributed by atoms with Gasteiger partial charge in [0.15, 0.2) is 0 Å². The third-order valence-corrected chi connectivity index (χ3v) is 6.16. The molecule has 1 aromatic carbocycles. The monoisotopic (exact) mass is 390 g/mol. The minimum absolute atomic E-state index is 0.0317. The lowest BCUT2D eigenvalue weighted by molar-refractivity contribution is 0.240. The Hall–Kier alpha value is -2.80. The van der Waals surface area contributed by atoms with Crippen molar-refractivity contribution in [2.24, 2.45) is 5.92 Å². The number of piperidine rings is 1. The number of fused-ring (bicyclic) bond motifs is 2. The summed E-state index contributed by atoms with van der Waals surface area (Å²) in [5.74, 6) is 1.49. The quantitative estimate of drug-likeness (QED) is 0.740. The molecular weight excluding hydrogens is 364 g/mol. The predicted molar refractivity (Wildman–Crippen MR) is 113 cm³/mol. The fourth-order valence-electron chi connectivity index (χ4n) is 4.35. The van der Waals surface area contributed by atoms with Gasteiger partial charge in [-0.1, -0.05) is 13.0 Å². The maximum Gasteiger partial charge on any atom is 0.255 e. The average molecular weight is 390 g/mol. The minimum atomic E-state index is 0.0317. The van der Waals surface area contributed by atoms with Crippen LogP contribution in [0.1, 0.15) is 36.6 Å². The second-order valence-electron chi connectivity index (χ2n) is 8.32. The van der Waals surface area contributed by atoms with E-state index in [2.05, 4.69) is 43.8 Å². The van der Waals surface area contributed by atoms with E-state index in [9.17, 15) is 4.79 Å². The second kappa shape index (κ2) is 7.55. The molecule has 1 N–H and O–H groups in total. The number of nitrogens with one attached hydrogen (secondary N) is 1. The van der Waals surface area contributed by atoms with E-state index in [4.69, 9.17) is 4.98 Å². The van der Waals surface area contributed by atoms with Crippen molar-refractivity contribution in [1.29, 1.82) is 0 Å². The number of H-pyrrole nitrogens is 1. The van der Waals surface area contributed by atoms with Crippen LogP contribution in [0.2, 0.25) is 0 Å². The number of rotatable bonds is 3. The van der Waals surface area contributed by atoms with Crippen molar-refractivity contribution < 1.29 is 0 Å². The molecular formula is C22H26N6O. The highest BCUT2D eigenvalue weighted by Gasteiger charge is 2.24. The maximum absolute atomic E-state index is 12.6. The third-order valence-electron chi connectivity index (χ3n) is 6.16. The highest BCUT2D eigenvalue weighted by molar-refractivity contribution is 5.74. The number of benzene rings is 1. The number of aromatic nitrogens is 4. The Kier molecular flexibility index (Phi) is 4.75. The molecule has 1 fully saturated rings. The van der Waals surface area contributed by atoms with Crippen molar-refractivity contribution in [1.82, 2.24) is 24.8 Å². The van der Waals surface area contributed by atoms with Gasteiger partial charge in [-0.25, -0.2) is 4.98 Å². The lowest BCUT2D eigenvalue weighted by Crippen LogP contribution is -2.39. The van der Waals surface area contributed by atoms with Crippen LogP contribution in [0.3, 0.4) is 0 Å². The largest absolute Gasteiger partial charge is 0.342 e. The molecule has 0 saturated carbocycles. The van der Waals surface area contributed by atoms with E-state index in [-0.39, 0.29) is 5.56 Å². The van der Waals surface area contributed by atoms with Crippen molar-refractivity contribution in [3.8, 4) is 0 Å². The Bertz CT molecular complexity index is 1090. The molecule has 0 amide bonds. The number of aromatic amines is 1. The Labute approximate surface area is 169 Å². The van der Waals surface area contributed by atoms with Gasteiger partial charge in [-0.3, -0.25) is 24.6 Å². The molecule has 150 valence electrons. The molecule has 0 bridgehead atoms. The summed E-state index contributed by atoms with van der Waals surface area (Å²) < 4.78 is 0. The summed E-state index contributed by atoms with van der Waals surface area (Å²) in [6.45, 7) is 6.59. The van der Waals surface area contributed by atoms with Crippen LogP contribution < -0.4 is 10.5 Å². The fourth-order valence-corrected chi connectivity index (χ4v) is 4.35. The average Bonchev–Trinajstić information content (AvgIpc) is 2.74. The first kappa shape index (κ1) is 18.2. The van der Waals surface area contributed by atoms with E-state index in [1.807, 2.05) is 6.07 Å².